The molecule has 3 saturated carbocycles. The van der Waals surface area contributed by atoms with Gasteiger partial charge in [-0.25, -0.2) is 0 Å². The van der Waals surface area contributed by atoms with Crippen LogP contribution in [0, 0.1) is 46.3 Å². The van der Waals surface area contributed by atoms with Crippen molar-refractivity contribution < 1.29 is 20.1 Å². The normalized spacial score (nSPS) is 44.8. The van der Waals surface area contributed by atoms with E-state index in [9.17, 15) is 20.1 Å². The highest BCUT2D eigenvalue weighted by atomic mass is 16.5. The van der Waals surface area contributed by atoms with E-state index in [1.54, 1.807) is 0 Å². The standard InChI is InChI=1S/C27H44O4/c1-16(2)14-19(28)15-17(3)21-9-10-22-20-8-6-18-7-11-24(29)27(30,31)26(18,5)23(20)12-13-25(21,22)4/h12,16-18,20-22,24,29-31H,6-11,13-15H2,1-5H3/t17-,18+,20+,21-,22+,24?,25-,26+/m1/s1. The first-order chi connectivity index (χ1) is 14.4. The molecule has 0 bridgehead atoms. The van der Waals surface area contributed by atoms with Gasteiger partial charge >= 0.3 is 0 Å². The van der Waals surface area contributed by atoms with Crippen LogP contribution in [-0.4, -0.2) is 33.0 Å². The Kier molecular flexibility index (Phi) is 6.02. The number of rotatable bonds is 5. The van der Waals surface area contributed by atoms with E-state index in [-0.39, 0.29) is 11.3 Å². The number of hydrogen-bond donors (Lipinski definition) is 3. The summed E-state index contributed by atoms with van der Waals surface area (Å²) < 4.78 is 0. The summed E-state index contributed by atoms with van der Waals surface area (Å²) >= 11 is 0. The first-order valence-electron chi connectivity index (χ1n) is 12.8. The van der Waals surface area contributed by atoms with Gasteiger partial charge in [0.2, 0.25) is 0 Å². The molecule has 4 aliphatic carbocycles. The van der Waals surface area contributed by atoms with Crippen molar-refractivity contribution >= 4 is 5.78 Å². The van der Waals surface area contributed by atoms with Crippen LogP contribution < -0.4 is 0 Å². The van der Waals surface area contributed by atoms with Crippen LogP contribution in [0.5, 0.6) is 0 Å². The number of hydrogen-bond acceptors (Lipinski definition) is 4. The van der Waals surface area contributed by atoms with Crippen LogP contribution in [0.25, 0.3) is 0 Å². The third-order valence-electron chi connectivity index (χ3n) is 10.3. The largest absolute Gasteiger partial charge is 0.387 e. The fourth-order valence-corrected chi connectivity index (χ4v) is 8.64. The lowest BCUT2D eigenvalue weighted by atomic mass is 9.46. The minimum atomic E-state index is -2.05. The molecule has 1 unspecified atom stereocenters. The fourth-order valence-electron chi connectivity index (χ4n) is 8.64. The van der Waals surface area contributed by atoms with Crippen molar-refractivity contribution in [3.05, 3.63) is 11.6 Å². The van der Waals surface area contributed by atoms with Gasteiger partial charge in [0, 0.05) is 18.3 Å². The highest BCUT2D eigenvalue weighted by molar-refractivity contribution is 5.78. The molecule has 0 aliphatic heterocycles. The molecule has 0 amide bonds. The van der Waals surface area contributed by atoms with Crippen LogP contribution in [0.2, 0.25) is 0 Å². The maximum absolute atomic E-state index is 12.5. The summed E-state index contributed by atoms with van der Waals surface area (Å²) in [7, 11) is 0. The monoisotopic (exact) mass is 432 g/mol. The summed E-state index contributed by atoms with van der Waals surface area (Å²) in [5, 5.41) is 32.6. The third kappa shape index (κ3) is 3.47. The second-order valence-corrected chi connectivity index (χ2v) is 12.4. The SMILES string of the molecule is CC(C)CC(=O)C[C@@H](C)[C@H]1CC[C@H]2[C@@H]3CC[C@H]4CCC(O)C(O)(O)[C@]4(C)C3=CC[C@]12C. The molecule has 3 N–H and O–H groups in total. The Bertz CT molecular complexity index is 740. The van der Waals surface area contributed by atoms with Gasteiger partial charge in [-0.15, -0.1) is 0 Å². The minimum Gasteiger partial charge on any atom is -0.387 e. The molecule has 31 heavy (non-hydrogen) atoms. The van der Waals surface area contributed by atoms with Gasteiger partial charge in [0.05, 0.1) is 0 Å². The number of aliphatic hydroxyl groups excluding tert-OH is 1. The lowest BCUT2D eigenvalue weighted by molar-refractivity contribution is -0.314. The van der Waals surface area contributed by atoms with E-state index in [1.807, 2.05) is 6.92 Å². The molecule has 0 heterocycles. The van der Waals surface area contributed by atoms with Gasteiger partial charge in [0.25, 0.3) is 0 Å². The summed E-state index contributed by atoms with van der Waals surface area (Å²) in [6, 6.07) is 0. The van der Waals surface area contributed by atoms with Crippen molar-refractivity contribution in [1.29, 1.82) is 0 Å². The van der Waals surface area contributed by atoms with E-state index < -0.39 is 17.3 Å². The van der Waals surface area contributed by atoms with Crippen molar-refractivity contribution in [1.82, 2.24) is 0 Å². The summed E-state index contributed by atoms with van der Waals surface area (Å²) in [6.07, 6.45) is 9.36. The predicted octanol–water partition coefficient (Wildman–Crippen LogP) is 4.86. The average Bonchev–Trinajstić information content (AvgIpc) is 3.02. The zero-order valence-corrected chi connectivity index (χ0v) is 20.2. The molecule has 4 rings (SSSR count). The first-order valence-corrected chi connectivity index (χ1v) is 12.8. The van der Waals surface area contributed by atoms with Crippen molar-refractivity contribution in [3.63, 3.8) is 0 Å². The Labute approximate surface area is 188 Å². The molecule has 0 aromatic rings. The topological polar surface area (TPSA) is 77.8 Å². The van der Waals surface area contributed by atoms with Crippen molar-refractivity contribution in [3.8, 4) is 0 Å². The summed E-state index contributed by atoms with van der Waals surface area (Å²) in [5.74, 6) is 0.837. The second-order valence-electron chi connectivity index (χ2n) is 12.4. The van der Waals surface area contributed by atoms with Crippen molar-refractivity contribution in [2.24, 2.45) is 46.3 Å². The smallest absolute Gasteiger partial charge is 0.199 e. The molecule has 0 radical (unpaired) electrons. The molecule has 0 spiro atoms. The van der Waals surface area contributed by atoms with E-state index in [0.29, 0.717) is 54.6 Å². The van der Waals surface area contributed by atoms with Gasteiger partial charge in [-0.05, 0) is 85.9 Å². The number of ketones is 1. The summed E-state index contributed by atoms with van der Waals surface area (Å²) in [4.78, 5) is 12.5. The van der Waals surface area contributed by atoms with E-state index in [4.69, 9.17) is 0 Å². The van der Waals surface area contributed by atoms with E-state index >= 15 is 0 Å². The summed E-state index contributed by atoms with van der Waals surface area (Å²) in [6.45, 7) is 10.9. The zero-order valence-electron chi connectivity index (χ0n) is 20.2. The number of allylic oxidation sites excluding steroid dienone is 1. The van der Waals surface area contributed by atoms with Gasteiger partial charge in [-0.1, -0.05) is 46.3 Å². The second kappa shape index (κ2) is 7.95. The van der Waals surface area contributed by atoms with Gasteiger partial charge < -0.3 is 15.3 Å². The van der Waals surface area contributed by atoms with Crippen LogP contribution in [0.3, 0.4) is 0 Å². The lowest BCUT2D eigenvalue weighted by Crippen LogP contribution is -2.65. The molecule has 0 aromatic carbocycles. The quantitative estimate of drug-likeness (QED) is 0.428. The maximum atomic E-state index is 12.5. The van der Waals surface area contributed by atoms with E-state index in [2.05, 4.69) is 33.8 Å². The molecule has 4 nitrogen and oxygen atoms in total. The van der Waals surface area contributed by atoms with Gasteiger partial charge in [0.1, 0.15) is 11.9 Å². The maximum Gasteiger partial charge on any atom is 0.199 e. The highest BCUT2D eigenvalue weighted by Gasteiger charge is 2.65. The predicted molar refractivity (Wildman–Crippen MR) is 122 cm³/mol. The lowest BCUT2D eigenvalue weighted by Gasteiger charge is -2.61. The Morgan fingerprint density at radius 3 is 2.39 bits per heavy atom. The Balaban J connectivity index is 1.60. The first kappa shape index (κ1) is 23.4. The van der Waals surface area contributed by atoms with Crippen molar-refractivity contribution in [2.75, 3.05) is 0 Å². The molecule has 0 aromatic heterocycles. The molecular weight excluding hydrogens is 388 g/mol. The van der Waals surface area contributed by atoms with Crippen LogP contribution in [0.1, 0.15) is 92.4 Å². The Morgan fingerprint density at radius 1 is 1.03 bits per heavy atom. The molecule has 4 heteroatoms. The van der Waals surface area contributed by atoms with Crippen LogP contribution in [0.4, 0.5) is 0 Å². The van der Waals surface area contributed by atoms with Crippen LogP contribution >= 0.6 is 0 Å². The average molecular weight is 433 g/mol. The number of aliphatic hydroxyl groups is 3. The summed E-state index contributed by atoms with van der Waals surface area (Å²) in [5.41, 5.74) is 0.626. The number of carbonyl (C=O) groups excluding carboxylic acids is 1. The number of fused-ring (bicyclic) bond motifs is 5. The van der Waals surface area contributed by atoms with Crippen molar-refractivity contribution in [2.45, 2.75) is 104 Å². The van der Waals surface area contributed by atoms with E-state index in [0.717, 1.165) is 25.7 Å². The van der Waals surface area contributed by atoms with Gasteiger partial charge in [0.15, 0.2) is 5.79 Å². The van der Waals surface area contributed by atoms with Crippen LogP contribution in [0.15, 0.2) is 11.6 Å². The fraction of sp³-hybridized carbons (Fsp3) is 0.889. The molecule has 3 fully saturated rings. The number of carbonyl (C=O) groups is 1. The zero-order chi connectivity index (χ0) is 22.8. The van der Waals surface area contributed by atoms with Crippen LogP contribution in [-0.2, 0) is 4.79 Å². The minimum absolute atomic E-state index is 0.176. The van der Waals surface area contributed by atoms with E-state index in [1.165, 1.54) is 18.4 Å². The third-order valence-corrected chi connectivity index (χ3v) is 10.3. The Hall–Kier alpha value is -0.710. The molecule has 4 aliphatic rings. The molecule has 0 saturated heterocycles. The Morgan fingerprint density at radius 2 is 1.71 bits per heavy atom. The number of Topliss-reactive ketones (excluding diaryl/α,β-unsaturated/α-hetero) is 1. The van der Waals surface area contributed by atoms with Gasteiger partial charge in [-0.2, -0.15) is 0 Å². The molecular formula is C27H44O4. The molecule has 8 atom stereocenters. The molecule has 176 valence electrons. The van der Waals surface area contributed by atoms with Gasteiger partial charge in [-0.3, -0.25) is 4.79 Å². The highest BCUT2D eigenvalue weighted by Crippen LogP contribution is 2.67.